The van der Waals surface area contributed by atoms with Crippen molar-refractivity contribution < 1.29 is 28.7 Å². The Hall–Kier alpha value is -4.09. The quantitative estimate of drug-likeness (QED) is 0.243. The second-order valence-electron chi connectivity index (χ2n) is 7.35. The summed E-state index contributed by atoms with van der Waals surface area (Å²) in [6.45, 7) is 0.0974. The molecule has 0 radical (unpaired) electrons. The van der Waals surface area contributed by atoms with Crippen molar-refractivity contribution >= 4 is 46.3 Å². The van der Waals surface area contributed by atoms with Crippen LogP contribution in [-0.2, 0) is 11.3 Å². The monoisotopic (exact) mass is 511 g/mol. The van der Waals surface area contributed by atoms with Crippen LogP contribution in [0.5, 0.6) is 23.1 Å². The van der Waals surface area contributed by atoms with Crippen molar-refractivity contribution in [2.75, 3.05) is 6.79 Å². The van der Waals surface area contributed by atoms with E-state index in [1.54, 1.807) is 42.5 Å². The van der Waals surface area contributed by atoms with Crippen molar-refractivity contribution in [1.29, 1.82) is 0 Å². The van der Waals surface area contributed by atoms with Gasteiger partial charge >= 0.3 is 0 Å². The number of fused-ring (bicyclic) bond motifs is 1. The Morgan fingerprint density at radius 2 is 1.89 bits per heavy atom. The number of hydrogen-bond donors (Lipinski definition) is 0. The minimum atomic E-state index is -0.545. The molecule has 3 heterocycles. The highest BCUT2D eigenvalue weighted by atomic mass is 35.5. The van der Waals surface area contributed by atoms with E-state index in [0.29, 0.717) is 33.4 Å². The molecule has 0 saturated carbocycles. The maximum atomic E-state index is 12.9. The molecule has 1 aromatic heterocycles. The fourth-order valence-electron chi connectivity index (χ4n) is 3.33. The molecule has 1 fully saturated rings. The lowest BCUT2D eigenvalue weighted by Crippen LogP contribution is -2.27. The van der Waals surface area contributed by atoms with Crippen LogP contribution in [-0.4, -0.2) is 32.7 Å². The lowest BCUT2D eigenvalue weighted by atomic mass is 10.1. The van der Waals surface area contributed by atoms with Gasteiger partial charge in [0, 0.05) is 23.2 Å². The molecule has 0 spiro atoms. The summed E-state index contributed by atoms with van der Waals surface area (Å²) in [5.74, 6) is 1.26. The lowest BCUT2D eigenvalue weighted by molar-refractivity contribution is -0.385. The highest BCUT2D eigenvalue weighted by molar-refractivity contribution is 8.18. The molecule has 1 saturated heterocycles. The lowest BCUT2D eigenvalue weighted by Gasteiger charge is -2.14. The van der Waals surface area contributed by atoms with Crippen molar-refractivity contribution in [2.45, 2.75) is 6.54 Å². The highest BCUT2D eigenvalue weighted by Gasteiger charge is 2.35. The topological polar surface area (TPSA) is 121 Å². The number of amides is 2. The van der Waals surface area contributed by atoms with Crippen LogP contribution in [0, 0.1) is 10.1 Å². The summed E-state index contributed by atoms with van der Waals surface area (Å²) in [6, 6.07) is 12.7. The summed E-state index contributed by atoms with van der Waals surface area (Å²) in [6.07, 6.45) is 2.72. The first-order valence-corrected chi connectivity index (χ1v) is 11.3. The van der Waals surface area contributed by atoms with Gasteiger partial charge in [0.2, 0.25) is 12.7 Å². The SMILES string of the molecule is O=C1S/C(=C\c2ccc(Oc3ccc([N+](=O)[O-])cn3)cc2)C(=O)N1Cc1cc2c(cc1Cl)OCO2. The van der Waals surface area contributed by atoms with E-state index >= 15 is 0 Å². The van der Waals surface area contributed by atoms with Crippen LogP contribution in [0.25, 0.3) is 6.08 Å². The number of ether oxygens (including phenoxy) is 3. The van der Waals surface area contributed by atoms with Gasteiger partial charge in [0.1, 0.15) is 11.9 Å². The molecule has 3 aromatic rings. The summed E-state index contributed by atoms with van der Waals surface area (Å²) >= 11 is 7.13. The Morgan fingerprint density at radius 1 is 1.14 bits per heavy atom. The molecule has 10 nitrogen and oxygen atoms in total. The number of thioether (sulfide) groups is 1. The molecule has 0 N–H and O–H groups in total. The van der Waals surface area contributed by atoms with Crippen LogP contribution < -0.4 is 14.2 Å². The number of imide groups is 1. The summed E-state index contributed by atoms with van der Waals surface area (Å²) in [4.78, 5) is 40.9. The molecule has 0 atom stereocenters. The molecule has 0 bridgehead atoms. The van der Waals surface area contributed by atoms with Gasteiger partial charge in [0.15, 0.2) is 11.5 Å². The molecule has 2 aliphatic heterocycles. The summed E-state index contributed by atoms with van der Waals surface area (Å²) in [7, 11) is 0. The second kappa shape index (κ2) is 9.28. The van der Waals surface area contributed by atoms with Crippen molar-refractivity contribution in [1.82, 2.24) is 9.88 Å². The molecular weight excluding hydrogens is 498 g/mol. The van der Waals surface area contributed by atoms with Gasteiger partial charge < -0.3 is 14.2 Å². The minimum absolute atomic E-state index is 0.00644. The molecule has 2 amide bonds. The van der Waals surface area contributed by atoms with Crippen LogP contribution in [0.15, 0.2) is 59.6 Å². The first-order chi connectivity index (χ1) is 16.9. The third-order valence-electron chi connectivity index (χ3n) is 5.08. The Labute approximate surface area is 207 Å². The van der Waals surface area contributed by atoms with Crippen molar-refractivity contribution in [2.24, 2.45) is 0 Å². The predicted octanol–water partition coefficient (Wildman–Crippen LogP) is 5.40. The number of aromatic nitrogens is 1. The maximum Gasteiger partial charge on any atom is 0.293 e. The number of nitro groups is 1. The Balaban J connectivity index is 1.27. The summed E-state index contributed by atoms with van der Waals surface area (Å²) in [5, 5.41) is 10.7. The van der Waals surface area contributed by atoms with Gasteiger partial charge in [0.25, 0.3) is 16.8 Å². The zero-order valence-corrected chi connectivity index (χ0v) is 19.2. The number of halogens is 1. The Morgan fingerprint density at radius 3 is 2.57 bits per heavy atom. The van der Waals surface area contributed by atoms with Crippen molar-refractivity contribution in [3.05, 3.63) is 85.9 Å². The smallest absolute Gasteiger partial charge is 0.293 e. The highest BCUT2D eigenvalue weighted by Crippen LogP contribution is 2.39. The van der Waals surface area contributed by atoms with Crippen LogP contribution in [0.2, 0.25) is 5.02 Å². The van der Waals surface area contributed by atoms with E-state index in [1.165, 1.54) is 12.1 Å². The standard InChI is InChI=1S/C23H14ClN3O7S/c24-17-9-19-18(32-12-33-19)8-14(17)11-26-22(28)20(35-23(26)29)7-13-1-4-16(5-2-13)34-21-6-3-15(10-25-21)27(30)31/h1-10H,11-12H2/b20-7-. The maximum absolute atomic E-state index is 12.9. The van der Waals surface area contributed by atoms with Crippen LogP contribution in [0.4, 0.5) is 10.5 Å². The van der Waals surface area contributed by atoms with E-state index in [9.17, 15) is 19.7 Å². The fourth-order valence-corrected chi connectivity index (χ4v) is 4.38. The van der Waals surface area contributed by atoms with E-state index < -0.39 is 16.1 Å². The van der Waals surface area contributed by atoms with E-state index in [4.69, 9.17) is 25.8 Å². The van der Waals surface area contributed by atoms with Crippen LogP contribution >= 0.6 is 23.4 Å². The molecular formula is C23H14ClN3O7S. The minimum Gasteiger partial charge on any atom is -0.454 e. The number of benzene rings is 2. The van der Waals surface area contributed by atoms with Crippen molar-refractivity contribution in [3.63, 3.8) is 0 Å². The number of rotatable bonds is 6. The predicted molar refractivity (Wildman–Crippen MR) is 126 cm³/mol. The molecule has 0 aliphatic carbocycles. The molecule has 2 aromatic carbocycles. The van der Waals surface area contributed by atoms with E-state index in [-0.39, 0.29) is 29.8 Å². The molecule has 35 heavy (non-hydrogen) atoms. The largest absolute Gasteiger partial charge is 0.454 e. The average Bonchev–Trinajstić information content (AvgIpc) is 3.40. The average molecular weight is 512 g/mol. The second-order valence-corrected chi connectivity index (χ2v) is 8.75. The number of pyridine rings is 1. The van der Waals surface area contributed by atoms with Gasteiger partial charge in [-0.05, 0) is 47.2 Å². The first-order valence-electron chi connectivity index (χ1n) is 10.1. The molecule has 0 unspecified atom stereocenters. The molecule has 5 rings (SSSR count). The normalized spacial score (nSPS) is 15.7. The molecule has 176 valence electrons. The fraction of sp³-hybridized carbons (Fsp3) is 0.0870. The Kier molecular flexibility index (Phi) is 6.01. The first kappa shape index (κ1) is 22.7. The number of nitrogens with zero attached hydrogens (tertiary/aromatic N) is 3. The van der Waals surface area contributed by atoms with Gasteiger partial charge in [-0.15, -0.1) is 0 Å². The van der Waals surface area contributed by atoms with E-state index in [1.807, 2.05) is 0 Å². The van der Waals surface area contributed by atoms with Gasteiger partial charge in [-0.25, -0.2) is 4.98 Å². The van der Waals surface area contributed by atoms with E-state index in [2.05, 4.69) is 4.98 Å². The third-order valence-corrected chi connectivity index (χ3v) is 6.33. The van der Waals surface area contributed by atoms with Gasteiger partial charge in [-0.2, -0.15) is 0 Å². The van der Waals surface area contributed by atoms with Crippen LogP contribution in [0.1, 0.15) is 11.1 Å². The zero-order chi connectivity index (χ0) is 24.5. The number of carbonyl (C=O) groups excluding carboxylic acids is 2. The van der Waals surface area contributed by atoms with Gasteiger partial charge in [-0.1, -0.05) is 23.7 Å². The third kappa shape index (κ3) is 4.77. The summed E-state index contributed by atoms with van der Waals surface area (Å²) in [5.41, 5.74) is 1.11. The molecule has 12 heteroatoms. The molecule has 2 aliphatic rings. The van der Waals surface area contributed by atoms with Gasteiger partial charge in [-0.3, -0.25) is 24.6 Å². The van der Waals surface area contributed by atoms with Crippen molar-refractivity contribution in [3.8, 4) is 23.1 Å². The van der Waals surface area contributed by atoms with Gasteiger partial charge in [0.05, 0.1) is 16.4 Å². The number of carbonyl (C=O) groups is 2. The Bertz CT molecular complexity index is 1380. The number of hydrogen-bond acceptors (Lipinski definition) is 9. The summed E-state index contributed by atoms with van der Waals surface area (Å²) < 4.78 is 16.2. The zero-order valence-electron chi connectivity index (χ0n) is 17.7. The van der Waals surface area contributed by atoms with Crippen LogP contribution in [0.3, 0.4) is 0 Å². The van der Waals surface area contributed by atoms with E-state index in [0.717, 1.165) is 22.9 Å².